The second-order valence-electron chi connectivity index (χ2n) is 6.76. The predicted octanol–water partition coefficient (Wildman–Crippen LogP) is 2.04. The smallest absolute Gasteiger partial charge is 0.326 e. The Kier molecular flexibility index (Phi) is 5.08. The van der Waals surface area contributed by atoms with Gasteiger partial charge in [0.25, 0.3) is 0 Å². The molecule has 4 atom stereocenters. The summed E-state index contributed by atoms with van der Waals surface area (Å²) in [6.45, 7) is 8.94. The Bertz CT molecular complexity index is 335. The summed E-state index contributed by atoms with van der Waals surface area (Å²) in [5, 5.41) is 3.17. The fourth-order valence-electron chi connectivity index (χ4n) is 3.93. The van der Waals surface area contributed by atoms with E-state index in [9.17, 15) is 4.79 Å². The van der Waals surface area contributed by atoms with Gasteiger partial charge in [0.2, 0.25) is 0 Å². The largest absolute Gasteiger partial charge is 0.465 e. The average Bonchev–Trinajstić information content (AvgIpc) is 2.99. The molecule has 1 N–H and O–H groups in total. The van der Waals surface area contributed by atoms with E-state index >= 15 is 0 Å². The van der Waals surface area contributed by atoms with Crippen LogP contribution in [0.1, 0.15) is 46.5 Å². The highest BCUT2D eigenvalue weighted by Gasteiger charge is 2.41. The summed E-state index contributed by atoms with van der Waals surface area (Å²) in [7, 11) is 1.85. The van der Waals surface area contributed by atoms with Crippen molar-refractivity contribution in [1.82, 2.24) is 10.2 Å². The molecule has 2 rings (SSSR count). The molecule has 1 heterocycles. The van der Waals surface area contributed by atoms with Gasteiger partial charge in [0.05, 0.1) is 6.61 Å². The monoisotopic (exact) mass is 282 g/mol. The Labute approximate surface area is 123 Å². The summed E-state index contributed by atoms with van der Waals surface area (Å²) in [5.74, 6) is 1.68. The van der Waals surface area contributed by atoms with Crippen molar-refractivity contribution in [1.29, 1.82) is 0 Å². The maximum Gasteiger partial charge on any atom is 0.326 e. The van der Waals surface area contributed by atoms with Crippen molar-refractivity contribution in [2.45, 2.75) is 58.0 Å². The van der Waals surface area contributed by atoms with E-state index in [0.29, 0.717) is 12.6 Å². The van der Waals surface area contributed by atoms with Crippen LogP contribution in [-0.4, -0.2) is 49.2 Å². The number of ether oxygens (including phenoxy) is 1. The SMILES string of the molecule is CCOC(=O)C(C)(CC(C)N1CC2CCCC2C1)NC. The lowest BCUT2D eigenvalue weighted by molar-refractivity contribution is -0.151. The number of carbonyl (C=O) groups excluding carboxylic acids is 1. The Balaban J connectivity index is 1.92. The average molecular weight is 282 g/mol. The lowest BCUT2D eigenvalue weighted by atomic mass is 9.93. The third-order valence-electron chi connectivity index (χ3n) is 5.36. The zero-order valence-electron chi connectivity index (χ0n) is 13.4. The molecule has 4 heteroatoms. The third-order valence-corrected chi connectivity index (χ3v) is 5.36. The van der Waals surface area contributed by atoms with Crippen LogP contribution in [0.2, 0.25) is 0 Å². The molecule has 116 valence electrons. The Morgan fingerprint density at radius 2 is 2.00 bits per heavy atom. The first-order chi connectivity index (χ1) is 9.50. The van der Waals surface area contributed by atoms with Gasteiger partial charge in [-0.2, -0.15) is 0 Å². The first-order valence-electron chi connectivity index (χ1n) is 8.10. The molecule has 4 nitrogen and oxygen atoms in total. The zero-order valence-corrected chi connectivity index (χ0v) is 13.4. The number of nitrogens with one attached hydrogen (secondary N) is 1. The molecular formula is C16H30N2O2. The number of nitrogens with zero attached hydrogens (tertiary/aromatic N) is 1. The fourth-order valence-corrected chi connectivity index (χ4v) is 3.93. The van der Waals surface area contributed by atoms with E-state index in [4.69, 9.17) is 4.74 Å². The van der Waals surface area contributed by atoms with Gasteiger partial charge in [0.15, 0.2) is 0 Å². The van der Waals surface area contributed by atoms with Crippen LogP contribution in [0.15, 0.2) is 0 Å². The summed E-state index contributed by atoms with van der Waals surface area (Å²) >= 11 is 0. The van der Waals surface area contributed by atoms with Crippen LogP contribution in [0.3, 0.4) is 0 Å². The van der Waals surface area contributed by atoms with Gasteiger partial charge >= 0.3 is 5.97 Å². The van der Waals surface area contributed by atoms with E-state index in [1.54, 1.807) is 0 Å². The highest BCUT2D eigenvalue weighted by Crippen LogP contribution is 2.39. The van der Waals surface area contributed by atoms with Gasteiger partial charge in [0, 0.05) is 19.1 Å². The van der Waals surface area contributed by atoms with Crippen molar-refractivity contribution >= 4 is 5.97 Å². The van der Waals surface area contributed by atoms with Crippen molar-refractivity contribution < 1.29 is 9.53 Å². The summed E-state index contributed by atoms with van der Waals surface area (Å²) in [5.41, 5.74) is -0.576. The van der Waals surface area contributed by atoms with Crippen LogP contribution >= 0.6 is 0 Å². The van der Waals surface area contributed by atoms with E-state index in [1.807, 2.05) is 20.9 Å². The summed E-state index contributed by atoms with van der Waals surface area (Å²) < 4.78 is 5.22. The minimum atomic E-state index is -0.576. The Morgan fingerprint density at radius 3 is 2.50 bits per heavy atom. The zero-order chi connectivity index (χ0) is 14.8. The van der Waals surface area contributed by atoms with Gasteiger partial charge < -0.3 is 15.0 Å². The highest BCUT2D eigenvalue weighted by atomic mass is 16.5. The quantitative estimate of drug-likeness (QED) is 0.757. The van der Waals surface area contributed by atoms with Crippen molar-refractivity contribution in [3.8, 4) is 0 Å². The molecule has 20 heavy (non-hydrogen) atoms. The molecule has 0 radical (unpaired) electrons. The number of likely N-dealkylation sites (tertiary alicyclic amines) is 1. The number of hydrogen-bond donors (Lipinski definition) is 1. The highest BCUT2D eigenvalue weighted by molar-refractivity contribution is 5.80. The number of hydrogen-bond acceptors (Lipinski definition) is 4. The van der Waals surface area contributed by atoms with Gasteiger partial charge in [-0.05, 0) is 58.9 Å². The van der Waals surface area contributed by atoms with Crippen LogP contribution in [0, 0.1) is 11.8 Å². The summed E-state index contributed by atoms with van der Waals surface area (Å²) in [4.78, 5) is 14.7. The molecule has 1 saturated heterocycles. The molecule has 1 saturated carbocycles. The molecule has 0 aromatic carbocycles. The molecule has 0 aromatic heterocycles. The van der Waals surface area contributed by atoms with Crippen molar-refractivity contribution in [2.75, 3.05) is 26.7 Å². The molecule has 0 bridgehead atoms. The van der Waals surface area contributed by atoms with E-state index in [0.717, 1.165) is 18.3 Å². The van der Waals surface area contributed by atoms with Crippen molar-refractivity contribution in [3.05, 3.63) is 0 Å². The number of carbonyl (C=O) groups is 1. The van der Waals surface area contributed by atoms with Crippen LogP contribution < -0.4 is 5.32 Å². The molecule has 2 aliphatic rings. The number of esters is 1. The van der Waals surface area contributed by atoms with E-state index in [-0.39, 0.29) is 5.97 Å². The minimum Gasteiger partial charge on any atom is -0.465 e. The molecule has 0 spiro atoms. The predicted molar refractivity (Wildman–Crippen MR) is 80.6 cm³/mol. The van der Waals surface area contributed by atoms with Crippen LogP contribution in [-0.2, 0) is 9.53 Å². The van der Waals surface area contributed by atoms with Gasteiger partial charge in [-0.15, -0.1) is 0 Å². The topological polar surface area (TPSA) is 41.6 Å². The van der Waals surface area contributed by atoms with E-state index in [2.05, 4.69) is 17.1 Å². The molecule has 0 aromatic rings. The third kappa shape index (κ3) is 3.17. The normalized spacial score (nSPS) is 30.8. The van der Waals surface area contributed by atoms with Crippen LogP contribution in [0.25, 0.3) is 0 Å². The van der Waals surface area contributed by atoms with Crippen LogP contribution in [0.4, 0.5) is 0 Å². The van der Waals surface area contributed by atoms with Gasteiger partial charge in [-0.1, -0.05) is 6.42 Å². The summed E-state index contributed by atoms with van der Waals surface area (Å²) in [6.07, 6.45) is 5.01. The van der Waals surface area contributed by atoms with Gasteiger partial charge in [-0.25, -0.2) is 0 Å². The van der Waals surface area contributed by atoms with E-state index in [1.165, 1.54) is 32.4 Å². The maximum absolute atomic E-state index is 12.1. The number of fused-ring (bicyclic) bond motifs is 1. The van der Waals surface area contributed by atoms with Crippen molar-refractivity contribution in [3.63, 3.8) is 0 Å². The second-order valence-corrected chi connectivity index (χ2v) is 6.76. The Hall–Kier alpha value is -0.610. The lowest BCUT2D eigenvalue weighted by Crippen LogP contribution is -2.52. The molecular weight excluding hydrogens is 252 g/mol. The molecule has 1 aliphatic heterocycles. The lowest BCUT2D eigenvalue weighted by Gasteiger charge is -2.34. The number of rotatable bonds is 6. The van der Waals surface area contributed by atoms with Crippen LogP contribution in [0.5, 0.6) is 0 Å². The van der Waals surface area contributed by atoms with Gasteiger partial charge in [-0.3, -0.25) is 4.79 Å². The molecule has 2 fully saturated rings. The fraction of sp³-hybridized carbons (Fsp3) is 0.938. The molecule has 0 amide bonds. The van der Waals surface area contributed by atoms with Gasteiger partial charge in [0.1, 0.15) is 5.54 Å². The second kappa shape index (κ2) is 6.44. The first kappa shape index (κ1) is 15.8. The number of likely N-dealkylation sites (N-methyl/N-ethyl adjacent to an activating group) is 1. The molecule has 4 unspecified atom stereocenters. The van der Waals surface area contributed by atoms with Crippen molar-refractivity contribution in [2.24, 2.45) is 11.8 Å². The van der Waals surface area contributed by atoms with E-state index < -0.39 is 5.54 Å². The summed E-state index contributed by atoms with van der Waals surface area (Å²) in [6, 6.07) is 0.419. The maximum atomic E-state index is 12.1. The standard InChI is InChI=1S/C16H30N2O2/c1-5-20-15(19)16(3,17-4)9-12(2)18-10-13-7-6-8-14(13)11-18/h12-14,17H,5-11H2,1-4H3. The first-order valence-corrected chi connectivity index (χ1v) is 8.10. The molecule has 1 aliphatic carbocycles. The minimum absolute atomic E-state index is 0.131. The Morgan fingerprint density at radius 1 is 1.40 bits per heavy atom.